The van der Waals surface area contributed by atoms with Crippen LogP contribution in [0.1, 0.15) is 91.9 Å². The molecule has 16 heteroatoms. The number of aromatic nitrogens is 4. The summed E-state index contributed by atoms with van der Waals surface area (Å²) in [6, 6.07) is 22.4. The number of fused-ring (bicyclic) bond motifs is 6. The Morgan fingerprint density at radius 1 is 0.815 bits per heavy atom. The number of halogens is 2. The molecular weight excluding hydrogens is 835 g/mol. The van der Waals surface area contributed by atoms with E-state index in [2.05, 4.69) is 25.6 Å². The quantitative estimate of drug-likeness (QED) is 0.106. The summed E-state index contributed by atoms with van der Waals surface area (Å²) < 4.78 is 42.9. The van der Waals surface area contributed by atoms with Gasteiger partial charge in [0.1, 0.15) is 23.7 Å². The number of H-pyrrole nitrogens is 2. The van der Waals surface area contributed by atoms with E-state index in [0.29, 0.717) is 70.1 Å². The molecule has 0 spiro atoms. The number of ether oxygens (including phenoxy) is 2. The number of hydrogen-bond donors (Lipinski definition) is 4. The molecule has 6 atom stereocenters. The summed E-state index contributed by atoms with van der Waals surface area (Å²) in [5, 5.41) is 5.35. The number of nitrogens with one attached hydrogen (secondary N) is 4. The predicted molar refractivity (Wildman–Crippen MR) is 236 cm³/mol. The molecule has 1 saturated carbocycles. The molecule has 10 rings (SSSR count). The maximum absolute atomic E-state index is 16.6. The van der Waals surface area contributed by atoms with Gasteiger partial charge in [0, 0.05) is 29.3 Å². The molecular formula is C49H48F2N8O6. The molecule has 2 saturated heterocycles. The molecule has 2 bridgehead atoms. The number of hydrogen-bond acceptors (Lipinski definition) is 8. The molecule has 65 heavy (non-hydrogen) atoms. The van der Waals surface area contributed by atoms with Crippen LogP contribution < -0.4 is 10.6 Å². The van der Waals surface area contributed by atoms with Gasteiger partial charge in [0.15, 0.2) is 0 Å². The third kappa shape index (κ3) is 7.24. The van der Waals surface area contributed by atoms with Crippen LogP contribution in [-0.4, -0.2) is 86.6 Å². The van der Waals surface area contributed by atoms with E-state index in [1.807, 2.05) is 42.2 Å². The fourth-order valence-electron chi connectivity index (χ4n) is 10.5. The van der Waals surface area contributed by atoms with Crippen molar-refractivity contribution in [3.63, 3.8) is 0 Å². The molecule has 4 aliphatic rings. The van der Waals surface area contributed by atoms with E-state index in [1.165, 1.54) is 20.3 Å². The van der Waals surface area contributed by atoms with Crippen LogP contribution in [0, 0.1) is 5.92 Å². The van der Waals surface area contributed by atoms with Gasteiger partial charge in [-0.3, -0.25) is 9.59 Å². The summed E-state index contributed by atoms with van der Waals surface area (Å²) in [4.78, 5) is 72.1. The van der Waals surface area contributed by atoms with Crippen LogP contribution in [0.25, 0.3) is 44.5 Å². The Morgan fingerprint density at radius 2 is 1.51 bits per heavy atom. The number of rotatable bonds is 10. The van der Waals surface area contributed by atoms with E-state index in [1.54, 1.807) is 59.6 Å². The van der Waals surface area contributed by atoms with Crippen molar-refractivity contribution in [2.24, 2.45) is 5.92 Å². The van der Waals surface area contributed by atoms with Crippen molar-refractivity contribution in [3.05, 3.63) is 119 Å². The SMILES string of the molecule is CC[C@H](NC(=O)OC)C(=O)N1[C@@H]2CC[C@@H](C2)[C@H]1c1nc2ccc(-c3ccc4c(c3)C(F)(F)c3cc(-c5cnc(C6CCCN6C(=O)[C@H](NC(=O)OC)c6ccccc6)[nH]5)ccc3-4)cc2[nH]1. The second-order valence-corrected chi connectivity index (χ2v) is 17.3. The summed E-state index contributed by atoms with van der Waals surface area (Å²) >= 11 is 0. The number of imidazole rings is 2. The van der Waals surface area contributed by atoms with Crippen molar-refractivity contribution >= 4 is 35.0 Å². The van der Waals surface area contributed by atoms with Gasteiger partial charge in [-0.05, 0) is 96.5 Å². The highest BCUT2D eigenvalue weighted by Gasteiger charge is 2.51. The lowest BCUT2D eigenvalue weighted by Crippen LogP contribution is -2.51. The zero-order chi connectivity index (χ0) is 45.1. The second-order valence-electron chi connectivity index (χ2n) is 17.3. The lowest BCUT2D eigenvalue weighted by molar-refractivity contribution is -0.138. The predicted octanol–water partition coefficient (Wildman–Crippen LogP) is 8.69. The average molecular weight is 883 g/mol. The first kappa shape index (κ1) is 41.9. The average Bonchev–Trinajstić information content (AvgIpc) is 4.21. The molecule has 6 aromatic rings. The van der Waals surface area contributed by atoms with E-state index in [4.69, 9.17) is 14.5 Å². The number of carbonyl (C=O) groups excluding carboxylic acids is 4. The normalized spacial score (nSPS) is 21.2. The highest BCUT2D eigenvalue weighted by molar-refractivity contribution is 5.89. The molecule has 2 aliphatic carbocycles. The largest absolute Gasteiger partial charge is 0.453 e. The van der Waals surface area contributed by atoms with Gasteiger partial charge in [-0.2, -0.15) is 8.78 Å². The summed E-state index contributed by atoms with van der Waals surface area (Å²) in [6.07, 6.45) is 4.70. The smallest absolute Gasteiger partial charge is 0.407 e. The van der Waals surface area contributed by atoms with E-state index < -0.39 is 36.2 Å². The first-order valence-corrected chi connectivity index (χ1v) is 22.1. The van der Waals surface area contributed by atoms with Crippen molar-refractivity contribution in [1.82, 2.24) is 40.4 Å². The number of benzene rings is 4. The molecule has 334 valence electrons. The molecule has 2 aliphatic heterocycles. The lowest BCUT2D eigenvalue weighted by Gasteiger charge is -2.36. The van der Waals surface area contributed by atoms with E-state index in [0.717, 1.165) is 36.8 Å². The maximum atomic E-state index is 16.6. The number of carbonyl (C=O) groups is 4. The molecule has 1 unspecified atom stereocenters. The van der Waals surface area contributed by atoms with E-state index in [9.17, 15) is 19.2 Å². The third-order valence-electron chi connectivity index (χ3n) is 13.7. The van der Waals surface area contributed by atoms with Gasteiger partial charge >= 0.3 is 12.2 Å². The standard InChI is InChI=1S/C49H48F2N8O6/c1-4-36(56-47(62)64-2)45(60)59-31-16-12-30(21-31)42(59)44-53-37-19-15-28(24-38(37)54-44)27-13-17-32-33-18-14-29(23-35(33)49(50,51)34(32)22-27)39-25-52-43(55-39)40-11-8-20-58(40)46(61)41(57-48(63)65-3)26-9-6-5-7-10-26/h5-7,9-10,13-15,17-19,22-25,30-31,36,40-42H,4,8,11-12,16,20-21H2,1-3H3,(H,52,55)(H,53,54)(H,56,62)(H,57,63)/t30-,31+,36-,40?,41+,42-/m0/s1. The summed E-state index contributed by atoms with van der Waals surface area (Å²) in [5.74, 6) is -2.35. The Bertz CT molecular complexity index is 2850. The van der Waals surface area contributed by atoms with Gasteiger partial charge in [-0.15, -0.1) is 0 Å². The first-order valence-electron chi connectivity index (χ1n) is 22.1. The Morgan fingerprint density at radius 3 is 2.25 bits per heavy atom. The van der Waals surface area contributed by atoms with Gasteiger partial charge in [-0.1, -0.05) is 67.6 Å². The molecule has 4 amide bonds. The zero-order valence-electron chi connectivity index (χ0n) is 36.1. The molecule has 2 aromatic heterocycles. The number of alkyl carbamates (subject to hydrolysis) is 2. The fraction of sp³-hybridized carbons (Fsp3) is 0.347. The van der Waals surface area contributed by atoms with E-state index in [-0.39, 0.29) is 40.9 Å². The maximum Gasteiger partial charge on any atom is 0.407 e. The van der Waals surface area contributed by atoms with Crippen LogP contribution >= 0.6 is 0 Å². The van der Waals surface area contributed by atoms with Crippen molar-refractivity contribution in [2.75, 3.05) is 20.8 Å². The first-order chi connectivity index (χ1) is 31.5. The van der Waals surface area contributed by atoms with Crippen molar-refractivity contribution < 1.29 is 37.4 Å². The van der Waals surface area contributed by atoms with Crippen LogP contribution in [0.3, 0.4) is 0 Å². The van der Waals surface area contributed by atoms with Crippen LogP contribution in [-0.2, 0) is 25.0 Å². The monoisotopic (exact) mass is 882 g/mol. The Kier molecular flexibility index (Phi) is 10.6. The van der Waals surface area contributed by atoms with Crippen LogP contribution in [0.4, 0.5) is 18.4 Å². The van der Waals surface area contributed by atoms with Crippen molar-refractivity contribution in [1.29, 1.82) is 0 Å². The molecule has 14 nitrogen and oxygen atoms in total. The number of nitrogens with zero attached hydrogens (tertiary/aromatic N) is 4. The molecule has 0 radical (unpaired) electrons. The molecule has 4 aromatic carbocycles. The van der Waals surface area contributed by atoms with Crippen LogP contribution in [0.2, 0.25) is 0 Å². The number of methoxy groups -OCH3 is 2. The van der Waals surface area contributed by atoms with Crippen molar-refractivity contribution in [3.8, 4) is 33.5 Å². The minimum absolute atomic E-state index is 0.0537. The topological polar surface area (TPSA) is 175 Å². The number of alkyl halides is 2. The minimum Gasteiger partial charge on any atom is -0.453 e. The van der Waals surface area contributed by atoms with Gasteiger partial charge in [0.05, 0.1) is 49.2 Å². The van der Waals surface area contributed by atoms with Crippen LogP contribution in [0.5, 0.6) is 0 Å². The van der Waals surface area contributed by atoms with Gasteiger partial charge in [-0.25, -0.2) is 19.6 Å². The molecule has 3 fully saturated rings. The fourth-order valence-corrected chi connectivity index (χ4v) is 10.5. The molecule has 4 N–H and O–H groups in total. The van der Waals surface area contributed by atoms with Gasteiger partial charge < -0.3 is 39.9 Å². The molecule has 4 heterocycles. The Labute approximate surface area is 373 Å². The van der Waals surface area contributed by atoms with Gasteiger partial charge in [0.2, 0.25) is 5.91 Å². The second kappa shape index (κ2) is 16.5. The van der Waals surface area contributed by atoms with Crippen molar-refractivity contribution in [2.45, 2.75) is 81.6 Å². The summed E-state index contributed by atoms with van der Waals surface area (Å²) in [6.45, 7) is 2.30. The number of amides is 4. The summed E-state index contributed by atoms with van der Waals surface area (Å²) in [5.41, 5.74) is 5.17. The highest BCUT2D eigenvalue weighted by Crippen LogP contribution is 2.53. The number of likely N-dealkylation sites (tertiary alicyclic amines) is 2. The van der Waals surface area contributed by atoms with Crippen LogP contribution in [0.15, 0.2) is 91.1 Å². The van der Waals surface area contributed by atoms with E-state index >= 15 is 8.78 Å². The number of piperidine rings is 1. The number of aromatic amines is 2. The third-order valence-corrected chi connectivity index (χ3v) is 13.7. The zero-order valence-corrected chi connectivity index (χ0v) is 36.1. The van der Waals surface area contributed by atoms with Gasteiger partial charge in [0.25, 0.3) is 11.8 Å². The Balaban J connectivity index is 0.885. The summed E-state index contributed by atoms with van der Waals surface area (Å²) in [7, 11) is 2.51. The Hall–Kier alpha value is -7.10. The lowest BCUT2D eigenvalue weighted by atomic mass is 9.97. The highest BCUT2D eigenvalue weighted by atomic mass is 19.3. The minimum atomic E-state index is -3.30.